The molecule has 1 N–H and O–H groups in total. The summed E-state index contributed by atoms with van der Waals surface area (Å²) in [7, 11) is 0. The van der Waals surface area contributed by atoms with Crippen LogP contribution in [0, 0.1) is 5.82 Å². The molecule has 0 saturated carbocycles. The summed E-state index contributed by atoms with van der Waals surface area (Å²) in [5.74, 6) is -1.77. The lowest BCUT2D eigenvalue weighted by Crippen LogP contribution is -2.02. The lowest BCUT2D eigenvalue weighted by Gasteiger charge is -2.07. The minimum Gasteiger partial charge on any atom is -0.493 e. The highest BCUT2D eigenvalue weighted by Gasteiger charge is 2.14. The molecule has 0 atom stereocenters. The van der Waals surface area contributed by atoms with Crippen molar-refractivity contribution in [2.75, 3.05) is 6.61 Å². The van der Waals surface area contributed by atoms with Crippen molar-refractivity contribution in [3.63, 3.8) is 0 Å². The molecule has 3 nitrogen and oxygen atoms in total. The number of hydrogen-bond acceptors (Lipinski definition) is 2. The molecule has 0 fully saturated rings. The highest BCUT2D eigenvalue weighted by Crippen LogP contribution is 2.28. The number of halogens is 2. The molecule has 5 heteroatoms. The first-order valence-corrected chi connectivity index (χ1v) is 4.70. The van der Waals surface area contributed by atoms with Gasteiger partial charge in [-0.2, -0.15) is 0 Å². The van der Waals surface area contributed by atoms with Crippen LogP contribution >= 0.6 is 15.9 Å². The average molecular weight is 263 g/mol. The van der Waals surface area contributed by atoms with E-state index >= 15 is 0 Å². The fourth-order valence-electron chi connectivity index (χ4n) is 0.959. The molecule has 0 spiro atoms. The lowest BCUT2D eigenvalue weighted by molar-refractivity contribution is 0.0691. The fourth-order valence-corrected chi connectivity index (χ4v) is 1.39. The Morgan fingerprint density at radius 3 is 2.79 bits per heavy atom. The molecule has 0 unspecified atom stereocenters. The maximum atomic E-state index is 13.1. The summed E-state index contributed by atoms with van der Waals surface area (Å²) < 4.78 is 18.6. The zero-order valence-corrected chi connectivity index (χ0v) is 8.97. The number of rotatable bonds is 3. The molecule has 1 aromatic rings. The highest BCUT2D eigenvalue weighted by atomic mass is 79.9. The SMILES string of the molecule is CCOc1cc(C(=O)O)c(F)cc1Br. The summed E-state index contributed by atoms with van der Waals surface area (Å²) >= 11 is 3.07. The molecule has 14 heavy (non-hydrogen) atoms. The van der Waals surface area contributed by atoms with Gasteiger partial charge in [-0.3, -0.25) is 0 Å². The van der Waals surface area contributed by atoms with E-state index in [0.717, 1.165) is 12.1 Å². The summed E-state index contributed by atoms with van der Waals surface area (Å²) in [6.45, 7) is 2.15. The summed E-state index contributed by atoms with van der Waals surface area (Å²) in [6, 6.07) is 2.24. The van der Waals surface area contributed by atoms with Gasteiger partial charge in [-0.25, -0.2) is 9.18 Å². The number of ether oxygens (including phenoxy) is 1. The minimum absolute atomic E-state index is 0.325. The van der Waals surface area contributed by atoms with Gasteiger partial charge in [-0.1, -0.05) is 0 Å². The molecule has 0 aromatic heterocycles. The maximum absolute atomic E-state index is 13.1. The Labute approximate surface area is 88.6 Å². The van der Waals surface area contributed by atoms with Crippen molar-refractivity contribution in [1.82, 2.24) is 0 Å². The normalized spacial score (nSPS) is 9.93. The Balaban J connectivity index is 3.20. The number of carboxylic acid groups (broad SMARTS) is 1. The van der Waals surface area contributed by atoms with Gasteiger partial charge in [-0.05, 0) is 35.0 Å². The smallest absolute Gasteiger partial charge is 0.338 e. The van der Waals surface area contributed by atoms with Crippen LogP contribution in [0.15, 0.2) is 16.6 Å². The van der Waals surface area contributed by atoms with Gasteiger partial charge in [0.25, 0.3) is 0 Å². The van der Waals surface area contributed by atoms with Crippen molar-refractivity contribution < 1.29 is 19.0 Å². The van der Waals surface area contributed by atoms with Crippen LogP contribution in [0.4, 0.5) is 4.39 Å². The van der Waals surface area contributed by atoms with Crippen LogP contribution in [-0.4, -0.2) is 17.7 Å². The summed E-state index contributed by atoms with van der Waals surface area (Å²) in [5, 5.41) is 8.64. The molecule has 0 aliphatic heterocycles. The molecule has 0 aliphatic carbocycles. The molecular formula is C9H8BrFO3. The van der Waals surface area contributed by atoms with Gasteiger partial charge in [0, 0.05) is 0 Å². The standard InChI is InChI=1S/C9H8BrFO3/c1-2-14-8-3-5(9(12)13)7(11)4-6(8)10/h3-4H,2H2,1H3,(H,12,13). The quantitative estimate of drug-likeness (QED) is 0.911. The third-order valence-corrected chi connectivity index (χ3v) is 2.17. The van der Waals surface area contributed by atoms with Crippen LogP contribution in [-0.2, 0) is 0 Å². The Morgan fingerprint density at radius 2 is 2.29 bits per heavy atom. The Morgan fingerprint density at radius 1 is 1.64 bits per heavy atom. The first-order valence-electron chi connectivity index (χ1n) is 3.91. The van der Waals surface area contributed by atoms with Gasteiger partial charge in [0.05, 0.1) is 16.6 Å². The van der Waals surface area contributed by atoms with Crippen LogP contribution in [0.5, 0.6) is 5.75 Å². The van der Waals surface area contributed by atoms with Crippen LogP contribution in [0.25, 0.3) is 0 Å². The fraction of sp³-hybridized carbons (Fsp3) is 0.222. The molecular weight excluding hydrogens is 255 g/mol. The second-order valence-electron chi connectivity index (χ2n) is 2.50. The molecule has 0 bridgehead atoms. The van der Waals surface area contributed by atoms with E-state index in [1.54, 1.807) is 6.92 Å². The van der Waals surface area contributed by atoms with Crippen LogP contribution in [0.3, 0.4) is 0 Å². The van der Waals surface area contributed by atoms with E-state index in [2.05, 4.69) is 15.9 Å². The second kappa shape index (κ2) is 4.41. The van der Waals surface area contributed by atoms with Gasteiger partial charge in [0.2, 0.25) is 0 Å². The molecule has 0 aliphatic rings. The number of benzene rings is 1. The Kier molecular flexibility index (Phi) is 3.46. The van der Waals surface area contributed by atoms with Crippen molar-refractivity contribution in [3.05, 3.63) is 28.0 Å². The van der Waals surface area contributed by atoms with Gasteiger partial charge >= 0.3 is 5.97 Å². The van der Waals surface area contributed by atoms with Gasteiger partial charge < -0.3 is 9.84 Å². The zero-order chi connectivity index (χ0) is 10.7. The zero-order valence-electron chi connectivity index (χ0n) is 7.38. The Bertz CT molecular complexity index is 365. The molecule has 0 saturated heterocycles. The third kappa shape index (κ3) is 2.23. The predicted molar refractivity (Wildman–Crippen MR) is 52.2 cm³/mol. The number of aromatic carboxylic acids is 1. The van der Waals surface area contributed by atoms with Gasteiger partial charge in [0.15, 0.2) is 0 Å². The first-order chi connectivity index (χ1) is 6.56. The minimum atomic E-state index is -1.31. The predicted octanol–water partition coefficient (Wildman–Crippen LogP) is 2.69. The van der Waals surface area contributed by atoms with E-state index in [-0.39, 0.29) is 0 Å². The van der Waals surface area contributed by atoms with Crippen molar-refractivity contribution in [2.24, 2.45) is 0 Å². The van der Waals surface area contributed by atoms with E-state index in [1.165, 1.54) is 0 Å². The lowest BCUT2D eigenvalue weighted by atomic mass is 10.2. The number of carboxylic acids is 1. The van der Waals surface area contributed by atoms with Crippen molar-refractivity contribution >= 4 is 21.9 Å². The summed E-state index contributed by atoms with van der Waals surface area (Å²) in [4.78, 5) is 10.6. The third-order valence-electron chi connectivity index (χ3n) is 1.55. The summed E-state index contributed by atoms with van der Waals surface area (Å²) in [5.41, 5.74) is -0.392. The van der Waals surface area contributed by atoms with E-state index in [1.807, 2.05) is 0 Å². The Hall–Kier alpha value is -1.10. The van der Waals surface area contributed by atoms with Crippen LogP contribution < -0.4 is 4.74 Å². The van der Waals surface area contributed by atoms with Crippen molar-refractivity contribution in [2.45, 2.75) is 6.92 Å². The van der Waals surface area contributed by atoms with Crippen LogP contribution in [0.1, 0.15) is 17.3 Å². The van der Waals surface area contributed by atoms with Crippen molar-refractivity contribution in [3.8, 4) is 5.75 Å². The van der Waals surface area contributed by atoms with E-state index in [9.17, 15) is 9.18 Å². The molecule has 0 heterocycles. The highest BCUT2D eigenvalue weighted by molar-refractivity contribution is 9.10. The summed E-state index contributed by atoms with van der Waals surface area (Å²) in [6.07, 6.45) is 0. The molecule has 76 valence electrons. The van der Waals surface area contributed by atoms with Gasteiger partial charge in [-0.15, -0.1) is 0 Å². The number of carbonyl (C=O) groups is 1. The monoisotopic (exact) mass is 262 g/mol. The van der Waals surface area contributed by atoms with E-state index in [0.29, 0.717) is 16.8 Å². The average Bonchev–Trinajstić information content (AvgIpc) is 2.09. The maximum Gasteiger partial charge on any atom is 0.338 e. The number of hydrogen-bond donors (Lipinski definition) is 1. The molecule has 0 radical (unpaired) electrons. The first kappa shape index (κ1) is 11.0. The van der Waals surface area contributed by atoms with Gasteiger partial charge in [0.1, 0.15) is 11.6 Å². The second-order valence-corrected chi connectivity index (χ2v) is 3.35. The van der Waals surface area contributed by atoms with E-state index in [4.69, 9.17) is 9.84 Å². The van der Waals surface area contributed by atoms with E-state index < -0.39 is 17.3 Å². The van der Waals surface area contributed by atoms with Crippen molar-refractivity contribution in [1.29, 1.82) is 0 Å². The molecule has 1 aromatic carbocycles. The molecule has 1 rings (SSSR count). The largest absolute Gasteiger partial charge is 0.493 e. The molecule has 0 amide bonds. The topological polar surface area (TPSA) is 46.5 Å². The van der Waals surface area contributed by atoms with Crippen LogP contribution in [0.2, 0.25) is 0 Å².